The zero-order valence-electron chi connectivity index (χ0n) is 13.5. The molecule has 0 spiro atoms. The highest BCUT2D eigenvalue weighted by Gasteiger charge is 2.26. The number of nitrogens with one attached hydrogen (secondary N) is 2. The van der Waals surface area contributed by atoms with Crippen molar-refractivity contribution in [2.75, 3.05) is 45.5 Å². The van der Waals surface area contributed by atoms with Crippen LogP contribution in [0.4, 0.5) is 4.79 Å². The summed E-state index contributed by atoms with van der Waals surface area (Å²) in [6.07, 6.45) is 3.72. The van der Waals surface area contributed by atoms with Gasteiger partial charge in [0.25, 0.3) is 0 Å². The quantitative estimate of drug-likeness (QED) is 0.745. The maximum Gasteiger partial charge on any atom is 0.315 e. The highest BCUT2D eigenvalue weighted by atomic mass is 32.2. The minimum Gasteiger partial charge on any atom is -0.338 e. The fourth-order valence-electron chi connectivity index (χ4n) is 3.17. The lowest BCUT2D eigenvalue weighted by molar-refractivity contribution is 0.226. The number of amides is 2. The summed E-state index contributed by atoms with van der Waals surface area (Å²) in [7, 11) is -3.11. The van der Waals surface area contributed by atoms with Crippen molar-refractivity contribution in [2.24, 2.45) is 5.92 Å². The topological polar surface area (TPSA) is 81.8 Å². The summed E-state index contributed by atoms with van der Waals surface area (Å²) in [6, 6.07) is -0.0681. The highest BCUT2D eigenvalue weighted by molar-refractivity contribution is 7.88. The van der Waals surface area contributed by atoms with Crippen LogP contribution in [-0.2, 0) is 10.0 Å². The SMILES string of the molecule is CCN1CC[C@H](CNC(=O)NC2CCN(S(C)(=O)=O)CC2)C1. The zero-order chi connectivity index (χ0) is 16.2. The predicted molar refractivity (Wildman–Crippen MR) is 86.2 cm³/mol. The summed E-state index contributed by atoms with van der Waals surface area (Å²) < 4.78 is 24.3. The van der Waals surface area contributed by atoms with Gasteiger partial charge >= 0.3 is 6.03 Å². The Hall–Kier alpha value is -0.860. The molecule has 7 nitrogen and oxygen atoms in total. The molecule has 22 heavy (non-hydrogen) atoms. The first-order chi connectivity index (χ1) is 10.4. The molecule has 0 aliphatic carbocycles. The third kappa shape index (κ3) is 5.10. The second-order valence-electron chi connectivity index (χ2n) is 6.34. The molecule has 2 rings (SSSR count). The lowest BCUT2D eigenvalue weighted by atomic mass is 10.1. The van der Waals surface area contributed by atoms with Crippen LogP contribution in [0.3, 0.4) is 0 Å². The largest absolute Gasteiger partial charge is 0.338 e. The summed E-state index contributed by atoms with van der Waals surface area (Å²) in [5.41, 5.74) is 0. The molecule has 2 aliphatic heterocycles. The monoisotopic (exact) mass is 332 g/mol. The molecule has 2 amide bonds. The van der Waals surface area contributed by atoms with Crippen LogP contribution in [0.2, 0.25) is 0 Å². The van der Waals surface area contributed by atoms with Gasteiger partial charge in [-0.3, -0.25) is 0 Å². The Morgan fingerprint density at radius 2 is 1.86 bits per heavy atom. The number of carbonyl (C=O) groups excluding carboxylic acids is 1. The van der Waals surface area contributed by atoms with Gasteiger partial charge in [0.15, 0.2) is 0 Å². The van der Waals surface area contributed by atoms with E-state index in [9.17, 15) is 13.2 Å². The van der Waals surface area contributed by atoms with Crippen molar-refractivity contribution < 1.29 is 13.2 Å². The number of piperidine rings is 1. The number of sulfonamides is 1. The average molecular weight is 332 g/mol. The molecule has 1 atom stereocenters. The van der Waals surface area contributed by atoms with Crippen molar-refractivity contribution in [1.82, 2.24) is 19.8 Å². The van der Waals surface area contributed by atoms with Gasteiger partial charge < -0.3 is 15.5 Å². The number of likely N-dealkylation sites (tertiary alicyclic amines) is 1. The van der Waals surface area contributed by atoms with Crippen LogP contribution in [0.1, 0.15) is 26.2 Å². The number of carbonyl (C=O) groups is 1. The molecule has 2 N–H and O–H groups in total. The van der Waals surface area contributed by atoms with E-state index in [1.807, 2.05) is 0 Å². The Kier molecular flexibility index (Phi) is 6.05. The maximum absolute atomic E-state index is 11.9. The van der Waals surface area contributed by atoms with Gasteiger partial charge in [0.2, 0.25) is 10.0 Å². The van der Waals surface area contributed by atoms with E-state index in [1.165, 1.54) is 10.6 Å². The van der Waals surface area contributed by atoms with Crippen molar-refractivity contribution in [3.63, 3.8) is 0 Å². The third-order valence-electron chi connectivity index (χ3n) is 4.63. The van der Waals surface area contributed by atoms with Gasteiger partial charge in [0, 0.05) is 32.2 Å². The summed E-state index contributed by atoms with van der Waals surface area (Å²) in [5.74, 6) is 0.540. The Morgan fingerprint density at radius 3 is 2.41 bits per heavy atom. The lowest BCUT2D eigenvalue weighted by Gasteiger charge is -2.30. The van der Waals surface area contributed by atoms with Crippen LogP contribution in [0, 0.1) is 5.92 Å². The Balaban J connectivity index is 1.64. The molecule has 2 saturated heterocycles. The molecule has 0 aromatic heterocycles. The molecule has 0 saturated carbocycles. The molecule has 0 unspecified atom stereocenters. The third-order valence-corrected chi connectivity index (χ3v) is 5.93. The molecule has 0 aromatic rings. The second-order valence-corrected chi connectivity index (χ2v) is 8.32. The minimum atomic E-state index is -3.11. The van der Waals surface area contributed by atoms with Crippen LogP contribution in [0.25, 0.3) is 0 Å². The number of urea groups is 1. The van der Waals surface area contributed by atoms with Crippen molar-refractivity contribution in [3.8, 4) is 0 Å². The number of hydrogen-bond acceptors (Lipinski definition) is 4. The minimum absolute atomic E-state index is 0.0636. The van der Waals surface area contributed by atoms with Crippen LogP contribution in [0.15, 0.2) is 0 Å². The van der Waals surface area contributed by atoms with Gasteiger partial charge in [0.05, 0.1) is 6.26 Å². The van der Waals surface area contributed by atoms with Crippen LogP contribution in [-0.4, -0.2) is 75.2 Å². The molecule has 0 radical (unpaired) electrons. The highest BCUT2D eigenvalue weighted by Crippen LogP contribution is 2.15. The van der Waals surface area contributed by atoms with Gasteiger partial charge in [-0.2, -0.15) is 0 Å². The van der Waals surface area contributed by atoms with E-state index < -0.39 is 10.0 Å². The molecular formula is C14H28N4O3S. The first-order valence-corrected chi connectivity index (χ1v) is 9.95. The van der Waals surface area contributed by atoms with E-state index in [-0.39, 0.29) is 12.1 Å². The van der Waals surface area contributed by atoms with Crippen LogP contribution >= 0.6 is 0 Å². The average Bonchev–Trinajstić information content (AvgIpc) is 2.93. The van der Waals surface area contributed by atoms with E-state index in [4.69, 9.17) is 0 Å². The van der Waals surface area contributed by atoms with E-state index in [0.29, 0.717) is 38.4 Å². The van der Waals surface area contributed by atoms with Crippen LogP contribution < -0.4 is 10.6 Å². The lowest BCUT2D eigenvalue weighted by Crippen LogP contribution is -2.49. The molecule has 0 bridgehead atoms. The molecule has 8 heteroatoms. The van der Waals surface area contributed by atoms with E-state index in [0.717, 1.165) is 26.1 Å². The van der Waals surface area contributed by atoms with Crippen molar-refractivity contribution >= 4 is 16.1 Å². The first kappa shape index (κ1) is 17.5. The molecule has 128 valence electrons. The molecule has 2 fully saturated rings. The van der Waals surface area contributed by atoms with Crippen molar-refractivity contribution in [1.29, 1.82) is 0 Å². The number of rotatable bonds is 5. The fraction of sp³-hybridized carbons (Fsp3) is 0.929. The van der Waals surface area contributed by atoms with Gasteiger partial charge in [-0.05, 0) is 38.3 Å². The maximum atomic E-state index is 11.9. The van der Waals surface area contributed by atoms with Gasteiger partial charge in [-0.15, -0.1) is 0 Å². The van der Waals surface area contributed by atoms with Crippen LogP contribution in [0.5, 0.6) is 0 Å². The van der Waals surface area contributed by atoms with E-state index in [1.54, 1.807) is 0 Å². The molecule has 2 aliphatic rings. The summed E-state index contributed by atoms with van der Waals surface area (Å²) >= 11 is 0. The Morgan fingerprint density at radius 1 is 1.18 bits per heavy atom. The van der Waals surface area contributed by atoms with Gasteiger partial charge in [0.1, 0.15) is 0 Å². The summed E-state index contributed by atoms with van der Waals surface area (Å²) in [6.45, 7) is 7.09. The number of hydrogen-bond donors (Lipinski definition) is 2. The predicted octanol–water partition coefficient (Wildman–Crippen LogP) is 0.0514. The second kappa shape index (κ2) is 7.61. The summed E-state index contributed by atoms with van der Waals surface area (Å²) in [4.78, 5) is 14.3. The molecule has 0 aromatic carbocycles. The first-order valence-electron chi connectivity index (χ1n) is 8.10. The Labute approximate surface area is 133 Å². The van der Waals surface area contributed by atoms with Crippen molar-refractivity contribution in [2.45, 2.75) is 32.2 Å². The Bertz CT molecular complexity index is 474. The normalized spacial score (nSPS) is 25.3. The molecule has 2 heterocycles. The smallest absolute Gasteiger partial charge is 0.315 e. The van der Waals surface area contributed by atoms with Gasteiger partial charge in [-0.25, -0.2) is 17.5 Å². The standard InChI is InChI=1S/C14H28N4O3S/c1-3-17-7-4-12(11-17)10-15-14(19)16-13-5-8-18(9-6-13)22(2,20)21/h12-13H,3-11H2,1-2H3,(H2,15,16,19)/t12-/m1/s1. The van der Waals surface area contributed by atoms with E-state index >= 15 is 0 Å². The van der Waals surface area contributed by atoms with Gasteiger partial charge in [-0.1, -0.05) is 6.92 Å². The number of nitrogens with zero attached hydrogens (tertiary/aromatic N) is 2. The summed E-state index contributed by atoms with van der Waals surface area (Å²) in [5, 5.41) is 5.90. The molecular weight excluding hydrogens is 304 g/mol. The van der Waals surface area contributed by atoms with E-state index in [2.05, 4.69) is 22.5 Å². The van der Waals surface area contributed by atoms with Crippen molar-refractivity contribution in [3.05, 3.63) is 0 Å². The zero-order valence-corrected chi connectivity index (χ0v) is 14.4. The fourth-order valence-corrected chi connectivity index (χ4v) is 4.05.